The maximum atomic E-state index is 4.70. The zero-order valence-corrected chi connectivity index (χ0v) is 19.4. The smallest absolute Gasteiger partial charge is 0.0420 e. The quantitative estimate of drug-likeness (QED) is 0.393. The molecule has 1 rings (SSSR count). The van der Waals surface area contributed by atoms with Gasteiger partial charge in [0, 0.05) is 44.9 Å². The predicted octanol–water partition coefficient (Wildman–Crippen LogP) is 5.46. The van der Waals surface area contributed by atoms with Crippen molar-refractivity contribution >= 4 is 5.71 Å². The number of hydrogen-bond acceptors (Lipinski definition) is 3. The van der Waals surface area contributed by atoms with E-state index in [4.69, 9.17) is 4.99 Å². The second-order valence-corrected chi connectivity index (χ2v) is 8.14. The van der Waals surface area contributed by atoms with Crippen LogP contribution in [0.5, 0.6) is 0 Å². The molecule has 1 aliphatic carbocycles. The standard InChI is InChI=1S/C22H39N3.C2H6/c1-9-13-24(7)14-15-25(8)17-19(10-2)21(23-6)20-11-12-22(4,5)18(3)16-20;1-2/h9-10,20H,1,3,11-17H2,2,4-8H3;1-2H3/b19-10-,23-21?;. The second-order valence-electron chi connectivity index (χ2n) is 8.14. The maximum Gasteiger partial charge on any atom is 0.0420 e. The van der Waals surface area contributed by atoms with Crippen LogP contribution in [0.4, 0.5) is 0 Å². The van der Waals surface area contributed by atoms with Crippen molar-refractivity contribution in [1.82, 2.24) is 9.80 Å². The van der Waals surface area contributed by atoms with Gasteiger partial charge in [0.2, 0.25) is 0 Å². The minimum atomic E-state index is 0.276. The van der Waals surface area contributed by atoms with Crippen LogP contribution in [0.25, 0.3) is 0 Å². The first-order valence-corrected chi connectivity index (χ1v) is 10.5. The van der Waals surface area contributed by atoms with Gasteiger partial charge < -0.3 is 9.80 Å². The normalized spacial score (nSPS) is 20.5. The molecule has 0 aliphatic heterocycles. The number of nitrogens with zero attached hydrogens (tertiary/aromatic N) is 3. The van der Waals surface area contributed by atoms with Crippen LogP contribution in [0.3, 0.4) is 0 Å². The number of rotatable bonds is 9. The topological polar surface area (TPSA) is 18.8 Å². The molecule has 0 aromatic rings. The summed E-state index contributed by atoms with van der Waals surface area (Å²) >= 11 is 0. The van der Waals surface area contributed by atoms with Crippen LogP contribution in [-0.4, -0.2) is 62.8 Å². The zero-order chi connectivity index (χ0) is 21.0. The molecule has 0 amide bonds. The van der Waals surface area contributed by atoms with Gasteiger partial charge in [0.1, 0.15) is 0 Å². The van der Waals surface area contributed by atoms with Gasteiger partial charge in [0.05, 0.1) is 0 Å². The first-order valence-electron chi connectivity index (χ1n) is 10.5. The van der Waals surface area contributed by atoms with Crippen LogP contribution >= 0.6 is 0 Å². The van der Waals surface area contributed by atoms with Crippen LogP contribution < -0.4 is 0 Å². The zero-order valence-electron chi connectivity index (χ0n) is 19.4. The van der Waals surface area contributed by atoms with Gasteiger partial charge >= 0.3 is 0 Å². The summed E-state index contributed by atoms with van der Waals surface area (Å²) in [7, 11) is 6.28. The molecular formula is C24H45N3. The van der Waals surface area contributed by atoms with E-state index >= 15 is 0 Å². The first-order chi connectivity index (χ1) is 12.7. The lowest BCUT2D eigenvalue weighted by molar-refractivity contribution is 0.283. The lowest BCUT2D eigenvalue weighted by atomic mass is 9.68. The summed E-state index contributed by atoms with van der Waals surface area (Å²) in [5.74, 6) is 0.522. The molecule has 0 aromatic carbocycles. The fourth-order valence-corrected chi connectivity index (χ4v) is 3.55. The lowest BCUT2D eigenvalue weighted by Crippen LogP contribution is -2.35. The van der Waals surface area contributed by atoms with Crippen molar-refractivity contribution in [2.75, 3.05) is 47.3 Å². The van der Waals surface area contributed by atoms with Crippen molar-refractivity contribution in [3.05, 3.63) is 36.5 Å². The van der Waals surface area contributed by atoms with Crippen LogP contribution in [0.1, 0.15) is 53.9 Å². The molecule has 1 unspecified atom stereocenters. The van der Waals surface area contributed by atoms with E-state index in [1.807, 2.05) is 27.0 Å². The average Bonchev–Trinajstić information content (AvgIpc) is 2.64. The summed E-state index contributed by atoms with van der Waals surface area (Å²) in [6.07, 6.45) is 7.69. The minimum Gasteiger partial charge on any atom is -0.301 e. The highest BCUT2D eigenvalue weighted by atomic mass is 15.2. The number of aliphatic imine (C=N–C) groups is 1. The van der Waals surface area contributed by atoms with Crippen molar-refractivity contribution in [2.45, 2.75) is 53.9 Å². The van der Waals surface area contributed by atoms with E-state index in [1.54, 1.807) is 0 Å². The van der Waals surface area contributed by atoms with E-state index in [1.165, 1.54) is 29.7 Å². The molecule has 0 aromatic heterocycles. The Balaban J connectivity index is 0.00000326. The molecule has 156 valence electrons. The van der Waals surface area contributed by atoms with Crippen molar-refractivity contribution < 1.29 is 0 Å². The van der Waals surface area contributed by atoms with Crippen molar-refractivity contribution in [1.29, 1.82) is 0 Å². The van der Waals surface area contributed by atoms with Gasteiger partial charge in [-0.1, -0.05) is 52.0 Å². The highest BCUT2D eigenvalue weighted by Crippen LogP contribution is 2.42. The molecule has 3 nitrogen and oxygen atoms in total. The molecule has 27 heavy (non-hydrogen) atoms. The van der Waals surface area contributed by atoms with E-state index in [0.717, 1.165) is 32.6 Å². The van der Waals surface area contributed by atoms with Gasteiger partial charge in [-0.15, -0.1) is 6.58 Å². The Morgan fingerprint density at radius 2 is 1.81 bits per heavy atom. The Morgan fingerprint density at radius 1 is 1.22 bits per heavy atom. The monoisotopic (exact) mass is 375 g/mol. The maximum absolute atomic E-state index is 4.70. The van der Waals surface area contributed by atoms with Crippen molar-refractivity contribution in [3.63, 3.8) is 0 Å². The Bertz CT molecular complexity index is 514. The van der Waals surface area contributed by atoms with Crippen LogP contribution in [0.2, 0.25) is 0 Å². The number of hydrogen-bond donors (Lipinski definition) is 0. The molecule has 3 heteroatoms. The van der Waals surface area contributed by atoms with E-state index in [9.17, 15) is 0 Å². The molecule has 0 saturated heterocycles. The first kappa shape index (κ1) is 25.8. The summed E-state index contributed by atoms with van der Waals surface area (Å²) in [6, 6.07) is 0. The Hall–Kier alpha value is -1.19. The minimum absolute atomic E-state index is 0.276. The fraction of sp³-hybridized carbons (Fsp3) is 0.708. The molecule has 1 saturated carbocycles. The highest BCUT2D eigenvalue weighted by Gasteiger charge is 2.33. The Kier molecular flexibility index (Phi) is 12.5. The SMILES string of the molecule is C=CCN(C)CCN(C)C/C(=C/C)C(=NC)C1CCC(C)(C)C(=C)C1.CC. The Morgan fingerprint density at radius 3 is 2.30 bits per heavy atom. The van der Waals surface area contributed by atoms with E-state index < -0.39 is 0 Å². The molecule has 1 fully saturated rings. The van der Waals surface area contributed by atoms with Crippen molar-refractivity contribution in [3.8, 4) is 0 Å². The van der Waals surface area contributed by atoms with Crippen LogP contribution in [0.15, 0.2) is 41.4 Å². The molecule has 0 N–H and O–H groups in total. The molecule has 1 aliphatic rings. The predicted molar refractivity (Wildman–Crippen MR) is 124 cm³/mol. The number of allylic oxidation sites excluding steroid dienone is 2. The summed E-state index contributed by atoms with van der Waals surface area (Å²) in [6.45, 7) is 22.9. The van der Waals surface area contributed by atoms with E-state index in [-0.39, 0.29) is 5.41 Å². The molecular weight excluding hydrogens is 330 g/mol. The summed E-state index contributed by atoms with van der Waals surface area (Å²) in [5.41, 5.74) is 4.30. The molecule has 0 radical (unpaired) electrons. The van der Waals surface area contributed by atoms with Crippen LogP contribution in [-0.2, 0) is 0 Å². The van der Waals surface area contributed by atoms with Crippen LogP contribution in [0, 0.1) is 11.3 Å². The van der Waals surface area contributed by atoms with E-state index in [0.29, 0.717) is 5.92 Å². The fourth-order valence-electron chi connectivity index (χ4n) is 3.55. The van der Waals surface area contributed by atoms with Gasteiger partial charge in [0.25, 0.3) is 0 Å². The second kappa shape index (κ2) is 13.1. The molecule has 0 bridgehead atoms. The largest absolute Gasteiger partial charge is 0.301 e. The third kappa shape index (κ3) is 8.57. The summed E-state index contributed by atoms with van der Waals surface area (Å²) < 4.78 is 0. The lowest BCUT2D eigenvalue weighted by Gasteiger charge is -2.38. The van der Waals surface area contributed by atoms with E-state index in [2.05, 4.69) is 63.9 Å². The van der Waals surface area contributed by atoms with Gasteiger partial charge in [0.15, 0.2) is 0 Å². The van der Waals surface area contributed by atoms with Gasteiger partial charge in [-0.25, -0.2) is 0 Å². The van der Waals surface area contributed by atoms with Gasteiger partial charge in [-0.05, 0) is 51.3 Å². The van der Waals surface area contributed by atoms with Gasteiger partial charge in [-0.3, -0.25) is 4.99 Å². The van der Waals surface area contributed by atoms with Crippen molar-refractivity contribution in [2.24, 2.45) is 16.3 Å². The van der Waals surface area contributed by atoms with Gasteiger partial charge in [-0.2, -0.15) is 0 Å². The number of likely N-dealkylation sites (N-methyl/N-ethyl adjacent to an activating group) is 2. The summed E-state index contributed by atoms with van der Waals surface area (Å²) in [4.78, 5) is 9.38. The molecule has 1 atom stereocenters. The Labute approximate surface area is 169 Å². The molecule has 0 spiro atoms. The highest BCUT2D eigenvalue weighted by molar-refractivity contribution is 6.02. The molecule has 0 heterocycles. The average molecular weight is 376 g/mol. The third-order valence-corrected chi connectivity index (χ3v) is 5.62. The third-order valence-electron chi connectivity index (χ3n) is 5.62. The summed E-state index contributed by atoms with van der Waals surface area (Å²) in [5, 5.41) is 0.